The summed E-state index contributed by atoms with van der Waals surface area (Å²) in [5.74, 6) is -4.06. The van der Waals surface area contributed by atoms with Gasteiger partial charge in [-0.3, -0.25) is 24.0 Å². The number of fused-ring (bicyclic) bond motifs is 1. The average Bonchev–Trinajstić information content (AvgIpc) is 2.96. The molecule has 1 aliphatic carbocycles. The second-order valence-corrected chi connectivity index (χ2v) is 10.9. The molecule has 15 heteroatoms. The smallest absolute Gasteiger partial charge is 0.383 e. The molecule has 1 aliphatic heterocycles. The van der Waals surface area contributed by atoms with Gasteiger partial charge in [0.05, 0.1) is 11.5 Å². The molecule has 0 amide bonds. The number of esters is 5. The standard InChI is InChI=1S/C31H36O15/c1-15(32)38-14-24-26(39-16(2)33)27(40-17(3)34)29(42-19(5)36)31(46-24)44-21-11-12-22-23(13-21)45-30(37)28(41-18(4)35)25(22)43-20-9-7-6-8-10-20/h11-13,20,24,26-27,29,31H,6-10,14H2,1-5H3/t24-,26-,27+,29+,31+/m1/s1. The van der Waals surface area contributed by atoms with E-state index in [9.17, 15) is 28.8 Å². The van der Waals surface area contributed by atoms with E-state index in [1.54, 1.807) is 0 Å². The van der Waals surface area contributed by atoms with Crippen LogP contribution < -0.4 is 19.8 Å². The largest absolute Gasteiger partial charge is 0.485 e. The van der Waals surface area contributed by atoms with Crippen LogP contribution in [0, 0.1) is 0 Å². The predicted molar refractivity (Wildman–Crippen MR) is 154 cm³/mol. The van der Waals surface area contributed by atoms with E-state index in [0.29, 0.717) is 5.39 Å². The van der Waals surface area contributed by atoms with Crippen molar-refractivity contribution in [1.29, 1.82) is 0 Å². The predicted octanol–water partition coefficient (Wildman–Crippen LogP) is 2.89. The first-order chi connectivity index (χ1) is 21.8. The highest BCUT2D eigenvalue weighted by atomic mass is 16.7. The van der Waals surface area contributed by atoms with Gasteiger partial charge in [-0.15, -0.1) is 0 Å². The minimum atomic E-state index is -1.51. The van der Waals surface area contributed by atoms with Crippen molar-refractivity contribution in [3.05, 3.63) is 28.6 Å². The first-order valence-corrected chi connectivity index (χ1v) is 14.8. The number of benzene rings is 1. The molecule has 2 fully saturated rings. The Hall–Kier alpha value is -4.66. The number of hydrogen-bond acceptors (Lipinski definition) is 15. The van der Waals surface area contributed by atoms with Gasteiger partial charge >= 0.3 is 35.5 Å². The maximum Gasteiger partial charge on any atom is 0.383 e. The van der Waals surface area contributed by atoms with Crippen LogP contribution in [0.3, 0.4) is 0 Å². The zero-order chi connectivity index (χ0) is 33.5. The Kier molecular flexibility index (Phi) is 11.2. The average molecular weight is 649 g/mol. The summed E-state index contributed by atoms with van der Waals surface area (Å²) in [6, 6.07) is 4.34. The Bertz CT molecular complexity index is 1520. The number of carbonyl (C=O) groups is 5. The second kappa shape index (κ2) is 15.1. The summed E-state index contributed by atoms with van der Waals surface area (Å²) >= 11 is 0. The van der Waals surface area contributed by atoms with Gasteiger partial charge in [0, 0.05) is 40.7 Å². The highest BCUT2D eigenvalue weighted by Crippen LogP contribution is 2.38. The maximum atomic E-state index is 13.0. The molecule has 2 heterocycles. The molecular weight excluding hydrogens is 612 g/mol. The first kappa shape index (κ1) is 34.2. The zero-order valence-electron chi connectivity index (χ0n) is 26.1. The molecule has 1 saturated carbocycles. The van der Waals surface area contributed by atoms with Crippen LogP contribution in [-0.2, 0) is 47.7 Å². The topological polar surface area (TPSA) is 189 Å². The third kappa shape index (κ3) is 8.74. The maximum absolute atomic E-state index is 13.0. The van der Waals surface area contributed by atoms with Crippen molar-refractivity contribution in [3.8, 4) is 17.2 Å². The van der Waals surface area contributed by atoms with E-state index in [2.05, 4.69) is 0 Å². The number of ether oxygens (including phenoxy) is 8. The zero-order valence-corrected chi connectivity index (χ0v) is 26.1. The summed E-state index contributed by atoms with van der Waals surface area (Å²) in [4.78, 5) is 72.6. The van der Waals surface area contributed by atoms with Crippen molar-refractivity contribution in [3.63, 3.8) is 0 Å². The normalized spacial score (nSPS) is 23.1. The molecule has 1 aromatic heterocycles. The van der Waals surface area contributed by atoms with Gasteiger partial charge in [0.2, 0.25) is 12.4 Å². The van der Waals surface area contributed by atoms with Crippen LogP contribution >= 0.6 is 0 Å². The Morgan fingerprint density at radius 2 is 1.37 bits per heavy atom. The fourth-order valence-electron chi connectivity index (χ4n) is 5.33. The number of carbonyl (C=O) groups excluding carboxylic acids is 5. The van der Waals surface area contributed by atoms with Crippen molar-refractivity contribution in [2.75, 3.05) is 6.61 Å². The quantitative estimate of drug-likeness (QED) is 0.207. The molecule has 0 radical (unpaired) electrons. The summed E-state index contributed by atoms with van der Waals surface area (Å²) in [6.07, 6.45) is -2.76. The van der Waals surface area contributed by atoms with Gasteiger partial charge in [0.15, 0.2) is 18.0 Å². The van der Waals surface area contributed by atoms with Crippen LogP contribution in [0.1, 0.15) is 66.7 Å². The molecule has 1 saturated heterocycles. The lowest BCUT2D eigenvalue weighted by Crippen LogP contribution is -2.63. The van der Waals surface area contributed by atoms with Gasteiger partial charge in [-0.1, -0.05) is 6.42 Å². The minimum Gasteiger partial charge on any atom is -0.485 e. The number of rotatable bonds is 10. The van der Waals surface area contributed by atoms with E-state index < -0.39 is 72.8 Å². The molecule has 0 N–H and O–H groups in total. The molecular formula is C31H36O15. The van der Waals surface area contributed by atoms with Crippen LogP contribution in [0.2, 0.25) is 0 Å². The highest BCUT2D eigenvalue weighted by Gasteiger charge is 2.53. The van der Waals surface area contributed by atoms with Crippen LogP contribution in [-0.4, -0.2) is 73.3 Å². The van der Waals surface area contributed by atoms with Gasteiger partial charge in [-0.25, -0.2) is 4.79 Å². The summed E-state index contributed by atoms with van der Waals surface area (Å²) in [7, 11) is 0. The van der Waals surface area contributed by atoms with Crippen molar-refractivity contribution < 1.29 is 66.3 Å². The molecule has 4 rings (SSSR count). The van der Waals surface area contributed by atoms with E-state index in [4.69, 9.17) is 42.3 Å². The Morgan fingerprint density at radius 1 is 0.739 bits per heavy atom. The minimum absolute atomic E-state index is 0.00912. The van der Waals surface area contributed by atoms with Crippen LogP contribution in [0.5, 0.6) is 17.2 Å². The fraction of sp³-hybridized carbons (Fsp3) is 0.548. The third-order valence-electron chi connectivity index (χ3n) is 7.07. The van der Waals surface area contributed by atoms with Gasteiger partial charge < -0.3 is 42.3 Å². The van der Waals surface area contributed by atoms with Gasteiger partial charge in [-0.05, 0) is 37.8 Å². The molecule has 46 heavy (non-hydrogen) atoms. The van der Waals surface area contributed by atoms with E-state index in [-0.39, 0.29) is 28.9 Å². The lowest BCUT2D eigenvalue weighted by atomic mass is 9.97. The molecule has 15 nitrogen and oxygen atoms in total. The lowest BCUT2D eigenvalue weighted by Gasteiger charge is -2.43. The summed E-state index contributed by atoms with van der Waals surface area (Å²) in [5.41, 5.74) is -0.951. The van der Waals surface area contributed by atoms with Crippen LogP contribution in [0.4, 0.5) is 0 Å². The van der Waals surface area contributed by atoms with Gasteiger partial charge in [0.25, 0.3) is 5.75 Å². The molecule has 1 aromatic carbocycles. The van der Waals surface area contributed by atoms with Crippen molar-refractivity contribution in [2.24, 2.45) is 0 Å². The molecule has 0 unspecified atom stereocenters. The second-order valence-electron chi connectivity index (χ2n) is 10.9. The molecule has 0 bridgehead atoms. The molecule has 250 valence electrons. The van der Waals surface area contributed by atoms with E-state index in [0.717, 1.165) is 66.7 Å². The first-order valence-electron chi connectivity index (χ1n) is 14.8. The van der Waals surface area contributed by atoms with Gasteiger partial charge in [-0.2, -0.15) is 0 Å². The molecule has 2 aromatic rings. The highest BCUT2D eigenvalue weighted by molar-refractivity contribution is 5.87. The third-order valence-corrected chi connectivity index (χ3v) is 7.07. The molecule has 0 spiro atoms. The van der Waals surface area contributed by atoms with E-state index in [1.807, 2.05) is 0 Å². The monoisotopic (exact) mass is 648 g/mol. The van der Waals surface area contributed by atoms with E-state index in [1.165, 1.54) is 18.2 Å². The summed E-state index contributed by atoms with van der Waals surface area (Å²) < 4.78 is 50.2. The van der Waals surface area contributed by atoms with Crippen molar-refractivity contribution in [2.45, 2.75) is 104 Å². The van der Waals surface area contributed by atoms with Crippen molar-refractivity contribution in [1.82, 2.24) is 0 Å². The molecule has 2 aliphatic rings. The Balaban J connectivity index is 1.74. The van der Waals surface area contributed by atoms with Crippen molar-refractivity contribution >= 4 is 40.8 Å². The SMILES string of the molecule is CC(=O)OC[C@H]1O[C@H](Oc2ccc3c(OC4CCCCC4)c(OC(C)=O)c(=O)oc3c2)[C@@H](OC(C)=O)[C@@H](OC(C)=O)[C@@H]1OC(C)=O. The van der Waals surface area contributed by atoms with E-state index >= 15 is 0 Å². The van der Waals surface area contributed by atoms with Crippen LogP contribution in [0.15, 0.2) is 27.4 Å². The Labute approximate surface area is 263 Å². The summed E-state index contributed by atoms with van der Waals surface area (Å²) in [6.45, 7) is 5.19. The Morgan fingerprint density at radius 3 is 1.98 bits per heavy atom. The lowest BCUT2D eigenvalue weighted by molar-refractivity contribution is -0.288. The summed E-state index contributed by atoms with van der Waals surface area (Å²) in [5, 5.41) is 0.315. The fourth-order valence-corrected chi connectivity index (χ4v) is 5.33. The van der Waals surface area contributed by atoms with Crippen LogP contribution in [0.25, 0.3) is 11.0 Å². The van der Waals surface area contributed by atoms with Gasteiger partial charge in [0.1, 0.15) is 24.0 Å². The number of hydrogen-bond donors (Lipinski definition) is 0. The molecule has 5 atom stereocenters.